The Morgan fingerprint density at radius 1 is 0.912 bits per heavy atom. The Hall–Kier alpha value is -4.26. The van der Waals surface area contributed by atoms with Crippen LogP contribution >= 0.6 is 0 Å². The number of nitrogens with zero attached hydrogens (tertiary/aromatic N) is 2. The molecule has 7 heteroatoms. The molecule has 1 N–H and O–H groups in total. The fourth-order valence-corrected chi connectivity index (χ4v) is 4.03. The molecule has 0 radical (unpaired) electrons. The number of nitrogens with one attached hydrogen (secondary N) is 1. The molecule has 0 bridgehead atoms. The van der Waals surface area contributed by atoms with Gasteiger partial charge in [-0.1, -0.05) is 30.3 Å². The average Bonchev–Trinajstić information content (AvgIpc) is 3.10. The number of carbonyl (C=O) groups excluding carboxylic acids is 1. The molecule has 1 aromatic heterocycles. The van der Waals surface area contributed by atoms with Crippen LogP contribution in [0.15, 0.2) is 83.7 Å². The van der Waals surface area contributed by atoms with E-state index in [1.165, 1.54) is 7.11 Å². The van der Waals surface area contributed by atoms with Gasteiger partial charge in [-0.2, -0.15) is 0 Å². The van der Waals surface area contributed by atoms with Crippen LogP contribution in [-0.4, -0.2) is 29.6 Å². The summed E-state index contributed by atoms with van der Waals surface area (Å²) >= 11 is 0. The van der Waals surface area contributed by atoms with Crippen molar-refractivity contribution in [2.24, 2.45) is 7.05 Å². The van der Waals surface area contributed by atoms with Gasteiger partial charge >= 0.3 is 5.97 Å². The van der Waals surface area contributed by atoms with Crippen molar-refractivity contribution in [2.45, 2.75) is 13.0 Å². The van der Waals surface area contributed by atoms with Gasteiger partial charge in [-0.3, -0.25) is 9.48 Å². The molecule has 0 fully saturated rings. The van der Waals surface area contributed by atoms with Crippen LogP contribution < -0.4 is 15.6 Å². The molecule has 7 nitrogen and oxygen atoms in total. The summed E-state index contributed by atoms with van der Waals surface area (Å²) in [6.45, 7) is 1.94. The van der Waals surface area contributed by atoms with Gasteiger partial charge in [-0.25, -0.2) is 9.48 Å². The quantitative estimate of drug-likeness (QED) is 0.414. The Morgan fingerprint density at radius 2 is 1.56 bits per heavy atom. The minimum atomic E-state index is -0.432. The maximum Gasteiger partial charge on any atom is 0.337 e. The van der Waals surface area contributed by atoms with E-state index in [-0.39, 0.29) is 5.56 Å². The van der Waals surface area contributed by atoms with E-state index in [1.807, 2.05) is 73.3 Å². The summed E-state index contributed by atoms with van der Waals surface area (Å²) in [5.74, 6) is 0.333. The van der Waals surface area contributed by atoms with Crippen LogP contribution in [0.4, 0.5) is 5.69 Å². The molecule has 0 saturated carbocycles. The van der Waals surface area contributed by atoms with Crippen molar-refractivity contribution < 1.29 is 14.3 Å². The molecule has 0 amide bonds. The fourth-order valence-electron chi connectivity index (χ4n) is 4.03. The summed E-state index contributed by atoms with van der Waals surface area (Å²) in [5.41, 5.74) is 4.29. The molecule has 0 unspecified atom stereocenters. The second-order valence-corrected chi connectivity index (χ2v) is 7.89. The van der Waals surface area contributed by atoms with Crippen LogP contribution in [-0.2, 0) is 11.8 Å². The van der Waals surface area contributed by atoms with Gasteiger partial charge in [0.05, 0.1) is 37.1 Å². The maximum atomic E-state index is 13.7. The summed E-state index contributed by atoms with van der Waals surface area (Å²) in [7, 11) is 4.85. The lowest BCUT2D eigenvalue weighted by Crippen LogP contribution is -2.24. The largest absolute Gasteiger partial charge is 0.497 e. The van der Waals surface area contributed by atoms with Crippen molar-refractivity contribution in [1.29, 1.82) is 0 Å². The van der Waals surface area contributed by atoms with Crippen LogP contribution in [0.1, 0.15) is 33.2 Å². The summed E-state index contributed by atoms with van der Waals surface area (Å²) in [6, 6.07) is 23.7. The van der Waals surface area contributed by atoms with Crippen LogP contribution in [0, 0.1) is 6.92 Å². The molecule has 1 heterocycles. The van der Waals surface area contributed by atoms with Crippen LogP contribution in [0.5, 0.6) is 5.75 Å². The van der Waals surface area contributed by atoms with E-state index in [0.29, 0.717) is 11.1 Å². The summed E-state index contributed by atoms with van der Waals surface area (Å²) in [6.07, 6.45) is 0. The number of methoxy groups -OCH3 is 2. The highest BCUT2D eigenvalue weighted by Gasteiger charge is 2.25. The summed E-state index contributed by atoms with van der Waals surface area (Å²) < 4.78 is 13.6. The van der Waals surface area contributed by atoms with Gasteiger partial charge in [0, 0.05) is 18.4 Å². The fraction of sp³-hybridized carbons (Fsp3) is 0.185. The minimum Gasteiger partial charge on any atom is -0.497 e. The number of ether oxygens (including phenoxy) is 2. The zero-order valence-electron chi connectivity index (χ0n) is 19.6. The van der Waals surface area contributed by atoms with Crippen molar-refractivity contribution in [3.63, 3.8) is 0 Å². The van der Waals surface area contributed by atoms with Gasteiger partial charge in [-0.15, -0.1) is 0 Å². The number of esters is 1. The lowest BCUT2D eigenvalue weighted by molar-refractivity contribution is 0.0601. The molecule has 0 aliphatic carbocycles. The number of rotatable bonds is 7. The molecule has 0 aliphatic rings. The molecule has 174 valence electrons. The standard InChI is InChI=1S/C27H27N3O4/c1-18-24(26(31)30(29(18)2)22-8-6-5-7-9-22)25(19-12-16-23(33-3)17-13-19)28-21-14-10-20(11-15-21)27(32)34-4/h5-17,25,28H,1-4H3/t25-/m0/s1. The van der Waals surface area contributed by atoms with E-state index >= 15 is 0 Å². The number of anilines is 1. The Bertz CT molecular complexity index is 1340. The zero-order valence-corrected chi connectivity index (χ0v) is 19.6. The third kappa shape index (κ3) is 4.32. The van der Waals surface area contributed by atoms with Gasteiger partial charge in [0.2, 0.25) is 0 Å². The molecular formula is C27H27N3O4. The number of carbonyl (C=O) groups is 1. The van der Waals surface area contributed by atoms with E-state index in [9.17, 15) is 9.59 Å². The molecule has 4 rings (SSSR count). The molecule has 1 atom stereocenters. The number of hydrogen-bond donors (Lipinski definition) is 1. The van der Waals surface area contributed by atoms with Gasteiger partial charge in [0.15, 0.2) is 0 Å². The van der Waals surface area contributed by atoms with Gasteiger partial charge in [0.1, 0.15) is 5.75 Å². The molecule has 0 spiro atoms. The second kappa shape index (κ2) is 9.70. The van der Waals surface area contributed by atoms with Crippen LogP contribution in [0.2, 0.25) is 0 Å². The molecule has 3 aromatic carbocycles. The number of aromatic nitrogens is 2. The Labute approximate surface area is 198 Å². The van der Waals surface area contributed by atoms with E-state index < -0.39 is 12.0 Å². The monoisotopic (exact) mass is 457 g/mol. The molecular weight excluding hydrogens is 430 g/mol. The Kier molecular flexibility index (Phi) is 6.54. The SMILES string of the molecule is COC(=O)c1ccc(N[C@@H](c2ccc(OC)cc2)c2c(C)n(C)n(-c3ccccc3)c2=O)cc1. The number of para-hydroxylation sites is 1. The lowest BCUT2D eigenvalue weighted by Gasteiger charge is -2.20. The Balaban J connectivity index is 1.82. The second-order valence-electron chi connectivity index (χ2n) is 7.89. The van der Waals surface area contributed by atoms with E-state index in [2.05, 4.69) is 5.32 Å². The smallest absolute Gasteiger partial charge is 0.337 e. The van der Waals surface area contributed by atoms with E-state index in [1.54, 1.807) is 36.1 Å². The highest BCUT2D eigenvalue weighted by Crippen LogP contribution is 2.29. The number of hydrogen-bond acceptors (Lipinski definition) is 5. The molecule has 4 aromatic rings. The molecule has 0 aliphatic heterocycles. The first-order chi connectivity index (χ1) is 16.4. The average molecular weight is 458 g/mol. The predicted molar refractivity (Wildman–Crippen MR) is 132 cm³/mol. The van der Waals surface area contributed by atoms with Gasteiger partial charge < -0.3 is 14.8 Å². The molecule has 0 saturated heterocycles. The Morgan fingerprint density at radius 3 is 2.15 bits per heavy atom. The summed E-state index contributed by atoms with van der Waals surface area (Å²) in [5, 5.41) is 3.49. The highest BCUT2D eigenvalue weighted by molar-refractivity contribution is 5.89. The van der Waals surface area contributed by atoms with E-state index in [0.717, 1.165) is 28.4 Å². The molecule has 34 heavy (non-hydrogen) atoms. The maximum absolute atomic E-state index is 13.7. The third-order valence-electron chi connectivity index (χ3n) is 5.95. The first-order valence-electron chi connectivity index (χ1n) is 10.9. The van der Waals surface area contributed by atoms with Crippen molar-refractivity contribution >= 4 is 11.7 Å². The van der Waals surface area contributed by atoms with Crippen LogP contribution in [0.25, 0.3) is 5.69 Å². The number of benzene rings is 3. The first kappa shape index (κ1) is 22.9. The lowest BCUT2D eigenvalue weighted by atomic mass is 9.98. The minimum absolute atomic E-state index is 0.106. The third-order valence-corrected chi connectivity index (χ3v) is 5.95. The van der Waals surface area contributed by atoms with Crippen molar-refractivity contribution in [1.82, 2.24) is 9.36 Å². The van der Waals surface area contributed by atoms with E-state index in [4.69, 9.17) is 9.47 Å². The van der Waals surface area contributed by atoms with Crippen molar-refractivity contribution in [3.05, 3.63) is 112 Å². The van der Waals surface area contributed by atoms with Gasteiger partial charge in [-0.05, 0) is 61.0 Å². The van der Waals surface area contributed by atoms with Gasteiger partial charge in [0.25, 0.3) is 5.56 Å². The van der Waals surface area contributed by atoms with Crippen molar-refractivity contribution in [2.75, 3.05) is 19.5 Å². The topological polar surface area (TPSA) is 74.5 Å². The predicted octanol–water partition coefficient (Wildman–Crippen LogP) is 4.48. The first-order valence-corrected chi connectivity index (χ1v) is 10.9. The normalized spacial score (nSPS) is 11.6. The zero-order chi connectivity index (χ0) is 24.2. The van der Waals surface area contributed by atoms with Crippen molar-refractivity contribution in [3.8, 4) is 11.4 Å². The summed E-state index contributed by atoms with van der Waals surface area (Å²) in [4.78, 5) is 25.6. The van der Waals surface area contributed by atoms with Crippen LogP contribution in [0.3, 0.4) is 0 Å². The highest BCUT2D eigenvalue weighted by atomic mass is 16.5.